The third kappa shape index (κ3) is 4.70. The van der Waals surface area contributed by atoms with Gasteiger partial charge in [0.25, 0.3) is 6.43 Å². The van der Waals surface area contributed by atoms with Crippen molar-refractivity contribution in [2.75, 3.05) is 24.7 Å². The van der Waals surface area contributed by atoms with Gasteiger partial charge in [0.05, 0.1) is 22.3 Å². The molecule has 15 heteroatoms. The number of anilines is 1. The van der Waals surface area contributed by atoms with E-state index in [0.29, 0.717) is 48.5 Å². The van der Waals surface area contributed by atoms with Crippen molar-refractivity contribution in [2.45, 2.75) is 80.8 Å². The van der Waals surface area contributed by atoms with Crippen molar-refractivity contribution in [2.24, 2.45) is 0 Å². The lowest BCUT2D eigenvalue weighted by atomic mass is 9.81. The van der Waals surface area contributed by atoms with E-state index in [1.54, 1.807) is 4.90 Å². The van der Waals surface area contributed by atoms with E-state index in [1.807, 2.05) is 13.8 Å². The van der Waals surface area contributed by atoms with Crippen molar-refractivity contribution < 1.29 is 26.0 Å². The molecule has 0 bridgehead atoms. The fraction of sp³-hybridized carbons (Fsp3) is 0.625. The second kappa shape index (κ2) is 9.63. The summed E-state index contributed by atoms with van der Waals surface area (Å²) in [5.41, 5.74) is -0.0689. The molecule has 39 heavy (non-hydrogen) atoms. The van der Waals surface area contributed by atoms with Crippen LogP contribution in [-0.2, 0) is 10.0 Å². The molecule has 9 nitrogen and oxygen atoms in total. The Balaban J connectivity index is 1.61. The van der Waals surface area contributed by atoms with Crippen LogP contribution in [0.2, 0.25) is 0 Å². The van der Waals surface area contributed by atoms with Crippen LogP contribution in [0.4, 0.5) is 23.4 Å². The minimum atomic E-state index is -4.49. The first-order valence-electron chi connectivity index (χ1n) is 13.0. The SMILES string of the molecule is C[C@H]1CN(c2c(F)c(S(=O)(=O)NC3(CF)CC3)cc3c(-c4nnc(C(F)F)s4)c(C4CCC4)nn23)C[C@H](C)N1. The molecule has 212 valence electrons. The molecule has 6 rings (SSSR count). The summed E-state index contributed by atoms with van der Waals surface area (Å²) in [6, 6.07) is 1.11. The lowest BCUT2D eigenvalue weighted by Crippen LogP contribution is -2.55. The zero-order chi connectivity index (χ0) is 27.7. The third-order valence-electron chi connectivity index (χ3n) is 7.77. The summed E-state index contributed by atoms with van der Waals surface area (Å²) >= 11 is 0.706. The third-order valence-corrected chi connectivity index (χ3v) is 10.3. The molecule has 1 aliphatic heterocycles. The first-order chi connectivity index (χ1) is 18.5. The van der Waals surface area contributed by atoms with Crippen LogP contribution in [0.1, 0.15) is 69.0 Å². The highest BCUT2D eigenvalue weighted by molar-refractivity contribution is 7.89. The molecule has 2 aliphatic carbocycles. The van der Waals surface area contributed by atoms with Crippen LogP contribution in [0.3, 0.4) is 0 Å². The van der Waals surface area contributed by atoms with Gasteiger partial charge in [0, 0.05) is 31.1 Å². The summed E-state index contributed by atoms with van der Waals surface area (Å²) in [6.07, 6.45) is 0.386. The molecule has 0 radical (unpaired) electrons. The summed E-state index contributed by atoms with van der Waals surface area (Å²) in [5, 5.41) is 15.5. The highest BCUT2D eigenvalue weighted by atomic mass is 32.2. The predicted octanol–water partition coefficient (Wildman–Crippen LogP) is 4.16. The van der Waals surface area contributed by atoms with Gasteiger partial charge in [-0.15, -0.1) is 10.2 Å². The van der Waals surface area contributed by atoms with Crippen molar-refractivity contribution in [3.8, 4) is 10.6 Å². The molecule has 0 aromatic carbocycles. The fourth-order valence-corrected chi connectivity index (χ4v) is 7.76. The van der Waals surface area contributed by atoms with Crippen molar-refractivity contribution >= 4 is 32.7 Å². The van der Waals surface area contributed by atoms with Crippen LogP contribution in [0.15, 0.2) is 11.0 Å². The Bertz CT molecular complexity index is 1510. The smallest absolute Gasteiger partial charge is 0.291 e. The average Bonchev–Trinajstić information content (AvgIpc) is 3.24. The van der Waals surface area contributed by atoms with E-state index in [4.69, 9.17) is 5.10 Å². The lowest BCUT2D eigenvalue weighted by molar-refractivity contribution is 0.150. The number of nitrogens with zero attached hydrogens (tertiary/aromatic N) is 5. The Morgan fingerprint density at radius 2 is 1.90 bits per heavy atom. The molecular formula is C24H29F4N7O2S2. The molecule has 3 aromatic heterocycles. The van der Waals surface area contributed by atoms with Crippen molar-refractivity contribution in [1.29, 1.82) is 0 Å². The van der Waals surface area contributed by atoms with Gasteiger partial charge in [-0.3, -0.25) is 0 Å². The Labute approximate surface area is 227 Å². The monoisotopic (exact) mass is 587 g/mol. The molecule has 4 heterocycles. The number of hydrogen-bond acceptors (Lipinski definition) is 8. The van der Waals surface area contributed by atoms with Gasteiger partial charge in [0.15, 0.2) is 21.7 Å². The van der Waals surface area contributed by atoms with E-state index >= 15 is 4.39 Å². The number of sulfonamides is 1. The van der Waals surface area contributed by atoms with Crippen molar-refractivity contribution in [1.82, 2.24) is 29.9 Å². The number of fused-ring (bicyclic) bond motifs is 1. The van der Waals surface area contributed by atoms with Gasteiger partial charge in [-0.2, -0.15) is 5.10 Å². The lowest BCUT2D eigenvalue weighted by Gasteiger charge is -2.37. The van der Waals surface area contributed by atoms with Crippen LogP contribution in [0, 0.1) is 5.82 Å². The zero-order valence-electron chi connectivity index (χ0n) is 21.4. The largest absolute Gasteiger partial charge is 0.351 e. The highest BCUT2D eigenvalue weighted by Crippen LogP contribution is 2.46. The predicted molar refractivity (Wildman–Crippen MR) is 138 cm³/mol. The molecule has 0 spiro atoms. The quantitative estimate of drug-likeness (QED) is 0.382. The molecule has 1 saturated heterocycles. The maximum absolute atomic E-state index is 16.4. The summed E-state index contributed by atoms with van der Waals surface area (Å²) in [6.45, 7) is 3.74. The van der Waals surface area contributed by atoms with Gasteiger partial charge in [-0.1, -0.05) is 17.8 Å². The minimum Gasteiger partial charge on any atom is -0.351 e. The Kier molecular flexibility index (Phi) is 6.63. The Morgan fingerprint density at radius 1 is 1.21 bits per heavy atom. The van der Waals surface area contributed by atoms with Gasteiger partial charge in [-0.05, 0) is 45.6 Å². The second-order valence-electron chi connectivity index (χ2n) is 11.0. The maximum Gasteiger partial charge on any atom is 0.291 e. The van der Waals surface area contributed by atoms with E-state index < -0.39 is 44.4 Å². The molecular weight excluding hydrogens is 558 g/mol. The van der Waals surface area contributed by atoms with E-state index in [-0.39, 0.29) is 34.3 Å². The molecule has 2 atom stereocenters. The van der Waals surface area contributed by atoms with Crippen LogP contribution in [0.25, 0.3) is 16.1 Å². The summed E-state index contributed by atoms with van der Waals surface area (Å²) in [5.74, 6) is -1.04. The van der Waals surface area contributed by atoms with Crippen LogP contribution < -0.4 is 14.9 Å². The summed E-state index contributed by atoms with van der Waals surface area (Å²) < 4.78 is 87.7. The topological polar surface area (TPSA) is 105 Å². The van der Waals surface area contributed by atoms with E-state index in [9.17, 15) is 21.6 Å². The van der Waals surface area contributed by atoms with Gasteiger partial charge in [0.1, 0.15) is 11.6 Å². The van der Waals surface area contributed by atoms with Crippen molar-refractivity contribution in [3.05, 3.63) is 22.6 Å². The molecule has 3 fully saturated rings. The van der Waals surface area contributed by atoms with E-state index in [0.717, 1.165) is 19.3 Å². The van der Waals surface area contributed by atoms with E-state index in [1.165, 1.54) is 10.6 Å². The van der Waals surface area contributed by atoms with Gasteiger partial charge in [0.2, 0.25) is 10.0 Å². The normalized spacial score (nSPS) is 23.5. The molecule has 0 unspecified atom stereocenters. The molecule has 2 saturated carbocycles. The van der Waals surface area contributed by atoms with Gasteiger partial charge in [-0.25, -0.2) is 35.2 Å². The second-order valence-corrected chi connectivity index (χ2v) is 13.6. The van der Waals surface area contributed by atoms with Gasteiger partial charge < -0.3 is 10.2 Å². The number of halogens is 4. The first-order valence-corrected chi connectivity index (χ1v) is 15.3. The number of hydrogen-bond donors (Lipinski definition) is 2. The zero-order valence-corrected chi connectivity index (χ0v) is 23.1. The Morgan fingerprint density at radius 3 is 2.44 bits per heavy atom. The number of alkyl halides is 3. The Hall–Kier alpha value is -2.36. The molecule has 2 N–H and O–H groups in total. The van der Waals surface area contributed by atoms with Crippen LogP contribution in [0.5, 0.6) is 0 Å². The van der Waals surface area contributed by atoms with Crippen LogP contribution in [-0.4, -0.2) is 65.6 Å². The number of pyridine rings is 1. The highest BCUT2D eigenvalue weighted by Gasteiger charge is 2.47. The number of piperazine rings is 1. The number of rotatable bonds is 8. The maximum atomic E-state index is 16.4. The average molecular weight is 588 g/mol. The number of aromatic nitrogens is 4. The van der Waals surface area contributed by atoms with Crippen LogP contribution >= 0.6 is 11.3 Å². The summed E-state index contributed by atoms with van der Waals surface area (Å²) in [4.78, 5) is 1.12. The minimum absolute atomic E-state index is 0.00460. The summed E-state index contributed by atoms with van der Waals surface area (Å²) in [7, 11) is -4.49. The van der Waals surface area contributed by atoms with Crippen molar-refractivity contribution in [3.63, 3.8) is 0 Å². The van der Waals surface area contributed by atoms with Gasteiger partial charge >= 0.3 is 0 Å². The molecule has 3 aliphatic rings. The standard InChI is InChI=1S/C24H29F4N7O2S2/c1-12-9-34(10-13(2)29-12)23-18(26)16(39(36,37)33-24(11-25)6-7-24)8-15-17(21-30-31-22(38-21)20(27)28)19(32-35(15)23)14-4-3-5-14/h8,12-14,20,29,33H,3-7,9-11H2,1-2H3/t12-,13-/m0/s1. The van der Waals surface area contributed by atoms with E-state index in [2.05, 4.69) is 20.2 Å². The fourth-order valence-electron chi connectivity index (χ4n) is 5.47. The molecule has 0 amide bonds. The molecule has 3 aromatic rings. The number of nitrogens with one attached hydrogen (secondary N) is 2. The first kappa shape index (κ1) is 26.8.